The number of amides is 1. The van der Waals surface area contributed by atoms with Crippen LogP contribution in [0.5, 0.6) is 0 Å². The van der Waals surface area contributed by atoms with Gasteiger partial charge in [-0.15, -0.1) is 11.3 Å². The smallest absolute Gasteiger partial charge is 0.246 e. The van der Waals surface area contributed by atoms with Crippen LogP contribution in [-0.2, 0) is 4.79 Å². The molecular formula is C18H18FNOS2. The number of carbonyl (C=O) groups is 1. The largest absolute Gasteiger partial charge is 0.338 e. The molecule has 120 valence electrons. The Morgan fingerprint density at radius 3 is 2.87 bits per heavy atom. The van der Waals surface area contributed by atoms with Crippen molar-refractivity contribution in [3.8, 4) is 0 Å². The van der Waals surface area contributed by atoms with Gasteiger partial charge in [-0.1, -0.05) is 24.3 Å². The fourth-order valence-electron chi connectivity index (χ4n) is 2.62. The van der Waals surface area contributed by atoms with Gasteiger partial charge in [-0.3, -0.25) is 4.79 Å². The van der Waals surface area contributed by atoms with Gasteiger partial charge in [0.1, 0.15) is 5.82 Å². The van der Waals surface area contributed by atoms with E-state index in [9.17, 15) is 9.18 Å². The van der Waals surface area contributed by atoms with Crippen molar-refractivity contribution < 1.29 is 9.18 Å². The molecule has 1 aromatic carbocycles. The van der Waals surface area contributed by atoms with E-state index in [2.05, 4.69) is 0 Å². The maximum absolute atomic E-state index is 13.9. The zero-order valence-electron chi connectivity index (χ0n) is 12.7. The SMILES string of the molecule is O=C(C=Cc1cccs1)N1CCSC(c2ccccc2F)CC1. The van der Waals surface area contributed by atoms with Crippen LogP contribution in [0.15, 0.2) is 47.9 Å². The van der Waals surface area contributed by atoms with Crippen LogP contribution < -0.4 is 0 Å². The average molecular weight is 347 g/mol. The highest BCUT2D eigenvalue weighted by molar-refractivity contribution is 7.99. The number of carbonyl (C=O) groups excluding carboxylic acids is 1. The molecular weight excluding hydrogens is 329 g/mol. The number of hydrogen-bond donors (Lipinski definition) is 0. The Bertz CT molecular complexity index is 684. The molecule has 1 unspecified atom stereocenters. The van der Waals surface area contributed by atoms with Crippen LogP contribution in [0, 0.1) is 5.82 Å². The molecule has 1 aliphatic heterocycles. The van der Waals surface area contributed by atoms with Crippen molar-refractivity contribution in [2.45, 2.75) is 11.7 Å². The summed E-state index contributed by atoms with van der Waals surface area (Å²) < 4.78 is 13.9. The van der Waals surface area contributed by atoms with Gasteiger partial charge in [0.25, 0.3) is 0 Å². The fraction of sp³-hybridized carbons (Fsp3) is 0.278. The maximum Gasteiger partial charge on any atom is 0.246 e. The topological polar surface area (TPSA) is 20.3 Å². The molecule has 5 heteroatoms. The molecule has 1 amide bonds. The van der Waals surface area contributed by atoms with E-state index in [1.165, 1.54) is 6.07 Å². The molecule has 1 aromatic heterocycles. The molecule has 0 N–H and O–H groups in total. The van der Waals surface area contributed by atoms with Gasteiger partial charge in [0.15, 0.2) is 0 Å². The number of thiophene rings is 1. The minimum absolute atomic E-state index is 0.0354. The number of thioether (sulfide) groups is 1. The van der Waals surface area contributed by atoms with Crippen molar-refractivity contribution in [3.05, 3.63) is 64.1 Å². The number of nitrogens with zero attached hydrogens (tertiary/aromatic N) is 1. The van der Waals surface area contributed by atoms with E-state index in [1.807, 2.05) is 40.6 Å². The molecule has 1 atom stereocenters. The normalized spacial score (nSPS) is 19.0. The van der Waals surface area contributed by atoms with Gasteiger partial charge in [-0.25, -0.2) is 4.39 Å². The van der Waals surface area contributed by atoms with Gasteiger partial charge >= 0.3 is 0 Å². The summed E-state index contributed by atoms with van der Waals surface area (Å²) in [6, 6.07) is 10.9. The predicted molar refractivity (Wildman–Crippen MR) is 96.1 cm³/mol. The van der Waals surface area contributed by atoms with Crippen molar-refractivity contribution in [2.24, 2.45) is 0 Å². The molecule has 2 aromatic rings. The third-order valence-corrected chi connectivity index (χ3v) is 5.99. The average Bonchev–Trinajstić information content (AvgIpc) is 2.96. The van der Waals surface area contributed by atoms with Crippen LogP contribution in [0.2, 0.25) is 0 Å². The number of rotatable bonds is 3. The summed E-state index contributed by atoms with van der Waals surface area (Å²) in [7, 11) is 0. The first kappa shape index (κ1) is 16.3. The lowest BCUT2D eigenvalue weighted by Gasteiger charge is -2.18. The first-order valence-corrected chi connectivity index (χ1v) is 9.53. The Labute approximate surface area is 144 Å². The lowest BCUT2D eigenvalue weighted by molar-refractivity contribution is -0.125. The molecule has 3 rings (SSSR count). The lowest BCUT2D eigenvalue weighted by atomic mass is 10.1. The number of halogens is 1. The second kappa shape index (κ2) is 7.79. The van der Waals surface area contributed by atoms with Gasteiger partial charge in [-0.05, 0) is 30.0 Å². The van der Waals surface area contributed by atoms with E-state index >= 15 is 0 Å². The van der Waals surface area contributed by atoms with Crippen LogP contribution in [0.25, 0.3) is 6.08 Å². The van der Waals surface area contributed by atoms with Gasteiger partial charge in [0.2, 0.25) is 5.91 Å². The fourth-order valence-corrected chi connectivity index (χ4v) is 4.49. The summed E-state index contributed by atoms with van der Waals surface area (Å²) in [5.74, 6) is 0.716. The third kappa shape index (κ3) is 4.24. The maximum atomic E-state index is 13.9. The molecule has 1 aliphatic rings. The van der Waals surface area contributed by atoms with E-state index < -0.39 is 0 Å². The first-order valence-electron chi connectivity index (χ1n) is 7.60. The van der Waals surface area contributed by atoms with E-state index in [4.69, 9.17) is 0 Å². The monoisotopic (exact) mass is 347 g/mol. The Kier molecular flexibility index (Phi) is 5.51. The van der Waals surface area contributed by atoms with Gasteiger partial charge < -0.3 is 4.90 Å². The standard InChI is InChI=1S/C18H18FNOS2/c19-16-6-2-1-5-15(16)17-9-10-20(11-13-23-17)18(21)8-7-14-4-3-12-22-14/h1-8,12,17H,9-11,13H2. The van der Waals surface area contributed by atoms with E-state index in [0.29, 0.717) is 13.1 Å². The summed E-state index contributed by atoms with van der Waals surface area (Å²) in [5, 5.41) is 2.11. The molecule has 2 heterocycles. The molecule has 23 heavy (non-hydrogen) atoms. The van der Waals surface area contributed by atoms with Crippen molar-refractivity contribution >= 4 is 35.1 Å². The minimum Gasteiger partial charge on any atom is -0.338 e. The molecule has 0 saturated carbocycles. The summed E-state index contributed by atoms with van der Waals surface area (Å²) in [5.41, 5.74) is 0.751. The van der Waals surface area contributed by atoms with Crippen LogP contribution >= 0.6 is 23.1 Å². The summed E-state index contributed by atoms with van der Waals surface area (Å²) in [6.07, 6.45) is 4.28. The summed E-state index contributed by atoms with van der Waals surface area (Å²) in [4.78, 5) is 15.3. The molecule has 1 fully saturated rings. The molecule has 1 saturated heterocycles. The van der Waals surface area contributed by atoms with Crippen molar-refractivity contribution in [2.75, 3.05) is 18.8 Å². The van der Waals surface area contributed by atoms with E-state index in [0.717, 1.165) is 22.6 Å². The van der Waals surface area contributed by atoms with Gasteiger partial charge in [-0.2, -0.15) is 11.8 Å². The first-order chi connectivity index (χ1) is 11.2. The summed E-state index contributed by atoms with van der Waals surface area (Å²) >= 11 is 3.34. The summed E-state index contributed by atoms with van der Waals surface area (Å²) in [6.45, 7) is 1.38. The Morgan fingerprint density at radius 1 is 1.22 bits per heavy atom. The third-order valence-electron chi connectivity index (χ3n) is 3.84. The van der Waals surface area contributed by atoms with Gasteiger partial charge in [0.05, 0.1) is 0 Å². The Balaban J connectivity index is 1.62. The molecule has 0 bridgehead atoms. The van der Waals surface area contributed by atoms with Crippen LogP contribution in [0.4, 0.5) is 4.39 Å². The highest BCUT2D eigenvalue weighted by Gasteiger charge is 2.22. The van der Waals surface area contributed by atoms with E-state index in [-0.39, 0.29) is 17.0 Å². The quantitative estimate of drug-likeness (QED) is 0.756. The molecule has 0 spiro atoms. The van der Waals surface area contributed by atoms with E-state index in [1.54, 1.807) is 35.2 Å². The predicted octanol–water partition coefficient (Wildman–Crippen LogP) is 4.61. The van der Waals surface area contributed by atoms with Crippen LogP contribution in [0.3, 0.4) is 0 Å². The Morgan fingerprint density at radius 2 is 2.09 bits per heavy atom. The van der Waals surface area contributed by atoms with Crippen molar-refractivity contribution in [1.29, 1.82) is 0 Å². The second-order valence-corrected chi connectivity index (χ2v) is 7.63. The van der Waals surface area contributed by atoms with Crippen LogP contribution in [-0.4, -0.2) is 29.6 Å². The lowest BCUT2D eigenvalue weighted by Crippen LogP contribution is -2.31. The number of hydrogen-bond acceptors (Lipinski definition) is 3. The second-order valence-electron chi connectivity index (χ2n) is 5.34. The van der Waals surface area contributed by atoms with Crippen molar-refractivity contribution in [3.63, 3.8) is 0 Å². The minimum atomic E-state index is -0.151. The Hall–Kier alpha value is -1.59. The molecule has 2 nitrogen and oxygen atoms in total. The highest BCUT2D eigenvalue weighted by atomic mass is 32.2. The number of benzene rings is 1. The van der Waals surface area contributed by atoms with Crippen molar-refractivity contribution in [1.82, 2.24) is 4.90 Å². The van der Waals surface area contributed by atoms with Crippen LogP contribution in [0.1, 0.15) is 22.1 Å². The zero-order valence-corrected chi connectivity index (χ0v) is 14.3. The molecule has 0 radical (unpaired) electrons. The highest BCUT2D eigenvalue weighted by Crippen LogP contribution is 2.35. The van der Waals surface area contributed by atoms with Gasteiger partial charge in [0, 0.05) is 40.6 Å². The zero-order chi connectivity index (χ0) is 16.1. The molecule has 0 aliphatic carbocycles.